The Morgan fingerprint density at radius 1 is 1.54 bits per heavy atom. The second-order valence-corrected chi connectivity index (χ2v) is 2.44. The van der Waals surface area contributed by atoms with Gasteiger partial charge in [0.15, 0.2) is 6.07 Å². The molecule has 5 nitrogen and oxygen atoms in total. The van der Waals surface area contributed by atoms with Gasteiger partial charge in [-0.3, -0.25) is 4.79 Å². The minimum absolute atomic E-state index is 0.276. The van der Waals surface area contributed by atoms with Crippen LogP contribution in [0.3, 0.4) is 0 Å². The molecule has 0 aromatic heterocycles. The molecular formula is C8H12N2O3. The SMILES string of the molecule is CCCCOC(=O)N(C)C(=O)C#N. The highest BCUT2D eigenvalue weighted by molar-refractivity contribution is 6.00. The number of carbonyl (C=O) groups excluding carboxylic acids is 2. The summed E-state index contributed by atoms with van der Waals surface area (Å²) < 4.78 is 4.68. The van der Waals surface area contributed by atoms with Gasteiger partial charge in [-0.05, 0) is 6.42 Å². The molecule has 0 radical (unpaired) electrons. The zero-order valence-corrected chi connectivity index (χ0v) is 7.74. The molecule has 13 heavy (non-hydrogen) atoms. The molecule has 0 fully saturated rings. The van der Waals surface area contributed by atoms with E-state index in [1.54, 1.807) is 0 Å². The standard InChI is InChI=1S/C8H12N2O3/c1-3-4-5-13-8(12)10(2)7(11)6-9/h3-5H2,1-2H3. The molecule has 72 valence electrons. The molecule has 0 N–H and O–H groups in total. The summed E-state index contributed by atoms with van der Waals surface area (Å²) in [6.07, 6.45) is 0.878. The number of rotatable bonds is 3. The second kappa shape index (κ2) is 6.00. The maximum atomic E-state index is 10.9. The van der Waals surface area contributed by atoms with Crippen LogP contribution in [0.2, 0.25) is 0 Å². The zero-order valence-electron chi connectivity index (χ0n) is 7.74. The van der Waals surface area contributed by atoms with Crippen molar-refractivity contribution >= 4 is 12.0 Å². The van der Waals surface area contributed by atoms with Crippen molar-refractivity contribution in [3.8, 4) is 6.07 Å². The third-order valence-electron chi connectivity index (χ3n) is 1.40. The number of amides is 2. The average molecular weight is 184 g/mol. The number of ether oxygens (including phenoxy) is 1. The maximum Gasteiger partial charge on any atom is 0.417 e. The normalized spacial score (nSPS) is 8.69. The smallest absolute Gasteiger partial charge is 0.417 e. The third kappa shape index (κ3) is 4.11. The van der Waals surface area contributed by atoms with Crippen molar-refractivity contribution in [2.75, 3.05) is 13.7 Å². The van der Waals surface area contributed by atoms with Crippen LogP contribution in [0.15, 0.2) is 0 Å². The topological polar surface area (TPSA) is 70.4 Å². The van der Waals surface area contributed by atoms with E-state index < -0.39 is 12.0 Å². The molecule has 0 atom stereocenters. The van der Waals surface area contributed by atoms with Gasteiger partial charge in [0.1, 0.15) is 0 Å². The largest absolute Gasteiger partial charge is 0.449 e. The van der Waals surface area contributed by atoms with Crippen LogP contribution < -0.4 is 0 Å². The molecule has 0 rings (SSSR count). The number of imide groups is 1. The lowest BCUT2D eigenvalue weighted by molar-refractivity contribution is -0.122. The fourth-order valence-corrected chi connectivity index (χ4v) is 0.559. The van der Waals surface area contributed by atoms with Crippen molar-refractivity contribution < 1.29 is 14.3 Å². The van der Waals surface area contributed by atoms with Gasteiger partial charge in [0, 0.05) is 7.05 Å². The lowest BCUT2D eigenvalue weighted by Gasteiger charge is -2.10. The monoisotopic (exact) mass is 184 g/mol. The van der Waals surface area contributed by atoms with Crippen LogP contribution in [-0.2, 0) is 9.53 Å². The first-order valence-electron chi connectivity index (χ1n) is 3.98. The average Bonchev–Trinajstić information content (AvgIpc) is 2.15. The van der Waals surface area contributed by atoms with Crippen LogP contribution in [0.5, 0.6) is 0 Å². The van der Waals surface area contributed by atoms with Crippen molar-refractivity contribution in [2.24, 2.45) is 0 Å². The summed E-state index contributed by atoms with van der Waals surface area (Å²) in [6.45, 7) is 2.23. The molecule has 2 amide bonds. The van der Waals surface area contributed by atoms with E-state index in [1.807, 2.05) is 6.92 Å². The Labute approximate surface area is 76.9 Å². The number of hydrogen-bond donors (Lipinski definition) is 0. The van der Waals surface area contributed by atoms with Gasteiger partial charge < -0.3 is 4.74 Å². The van der Waals surface area contributed by atoms with Crippen LogP contribution >= 0.6 is 0 Å². The van der Waals surface area contributed by atoms with Crippen molar-refractivity contribution in [1.82, 2.24) is 4.90 Å². The fraction of sp³-hybridized carbons (Fsp3) is 0.625. The highest BCUT2D eigenvalue weighted by atomic mass is 16.6. The molecule has 0 unspecified atom stereocenters. The van der Waals surface area contributed by atoms with E-state index in [1.165, 1.54) is 13.1 Å². The van der Waals surface area contributed by atoms with Crippen LogP contribution in [0.25, 0.3) is 0 Å². The number of unbranched alkanes of at least 4 members (excludes halogenated alkanes) is 1. The van der Waals surface area contributed by atoms with E-state index >= 15 is 0 Å². The van der Waals surface area contributed by atoms with Crippen molar-refractivity contribution in [2.45, 2.75) is 19.8 Å². The highest BCUT2D eigenvalue weighted by Gasteiger charge is 2.16. The lowest BCUT2D eigenvalue weighted by Crippen LogP contribution is -2.32. The van der Waals surface area contributed by atoms with Gasteiger partial charge in [-0.2, -0.15) is 5.26 Å². The van der Waals surface area contributed by atoms with E-state index in [-0.39, 0.29) is 6.61 Å². The first kappa shape index (κ1) is 11.4. The molecule has 0 aliphatic carbocycles. The number of nitriles is 1. The molecule has 0 heterocycles. The molecule has 0 aliphatic heterocycles. The van der Waals surface area contributed by atoms with Gasteiger partial charge in [-0.1, -0.05) is 13.3 Å². The number of nitrogens with zero attached hydrogens (tertiary/aromatic N) is 2. The van der Waals surface area contributed by atoms with E-state index in [9.17, 15) is 9.59 Å². The van der Waals surface area contributed by atoms with Gasteiger partial charge in [0.25, 0.3) is 0 Å². The number of hydrogen-bond acceptors (Lipinski definition) is 4. The Bertz CT molecular complexity index is 232. The molecule has 0 aromatic carbocycles. The molecule has 0 bridgehead atoms. The third-order valence-corrected chi connectivity index (χ3v) is 1.40. The predicted octanol–water partition coefficient (Wildman–Crippen LogP) is 0.905. The summed E-state index contributed by atoms with van der Waals surface area (Å²) in [5.74, 6) is -0.915. The lowest BCUT2D eigenvalue weighted by atomic mass is 10.4. The van der Waals surface area contributed by atoms with E-state index in [0.717, 1.165) is 12.8 Å². The molecule has 0 saturated carbocycles. The Balaban J connectivity index is 3.84. The van der Waals surface area contributed by atoms with Gasteiger partial charge in [-0.15, -0.1) is 0 Å². The number of carbonyl (C=O) groups is 2. The summed E-state index contributed by atoms with van der Waals surface area (Å²) in [6, 6.07) is 1.32. The van der Waals surface area contributed by atoms with Crippen molar-refractivity contribution in [3.05, 3.63) is 0 Å². The molecular weight excluding hydrogens is 172 g/mol. The minimum Gasteiger partial charge on any atom is -0.449 e. The highest BCUT2D eigenvalue weighted by Crippen LogP contribution is 1.94. The molecule has 5 heteroatoms. The summed E-state index contributed by atoms with van der Waals surface area (Å²) in [5, 5.41) is 8.18. The van der Waals surface area contributed by atoms with Gasteiger partial charge in [0.05, 0.1) is 6.61 Å². The summed E-state index contributed by atoms with van der Waals surface area (Å²) in [4.78, 5) is 22.2. The first-order valence-corrected chi connectivity index (χ1v) is 3.98. The van der Waals surface area contributed by atoms with Crippen molar-refractivity contribution in [1.29, 1.82) is 5.26 Å². The predicted molar refractivity (Wildman–Crippen MR) is 44.6 cm³/mol. The van der Waals surface area contributed by atoms with Crippen LogP contribution in [0.4, 0.5) is 4.79 Å². The Hall–Kier alpha value is -1.57. The summed E-state index contributed by atoms with van der Waals surface area (Å²) >= 11 is 0. The van der Waals surface area contributed by atoms with Gasteiger partial charge in [-0.25, -0.2) is 9.69 Å². The van der Waals surface area contributed by atoms with Gasteiger partial charge >= 0.3 is 12.0 Å². The molecule has 0 saturated heterocycles. The van der Waals surface area contributed by atoms with E-state index in [2.05, 4.69) is 4.74 Å². The Morgan fingerprint density at radius 3 is 2.62 bits per heavy atom. The molecule has 0 aliphatic rings. The van der Waals surface area contributed by atoms with Crippen LogP contribution in [-0.4, -0.2) is 30.6 Å². The quantitative estimate of drug-likeness (QED) is 0.482. The first-order chi connectivity index (χ1) is 6.13. The van der Waals surface area contributed by atoms with Crippen LogP contribution in [0.1, 0.15) is 19.8 Å². The van der Waals surface area contributed by atoms with Crippen molar-refractivity contribution in [3.63, 3.8) is 0 Å². The second-order valence-electron chi connectivity index (χ2n) is 2.44. The molecule has 0 spiro atoms. The Morgan fingerprint density at radius 2 is 2.15 bits per heavy atom. The van der Waals surface area contributed by atoms with E-state index in [0.29, 0.717) is 4.90 Å². The van der Waals surface area contributed by atoms with Crippen LogP contribution in [0, 0.1) is 11.3 Å². The maximum absolute atomic E-state index is 10.9. The van der Waals surface area contributed by atoms with Gasteiger partial charge in [0.2, 0.25) is 0 Å². The summed E-state index contributed by atoms with van der Waals surface area (Å²) in [7, 11) is 1.21. The Kier molecular flexibility index (Phi) is 5.28. The summed E-state index contributed by atoms with van der Waals surface area (Å²) in [5.41, 5.74) is 0. The molecule has 0 aromatic rings. The van der Waals surface area contributed by atoms with E-state index in [4.69, 9.17) is 5.26 Å². The minimum atomic E-state index is -0.915. The zero-order chi connectivity index (χ0) is 10.3. The fourth-order valence-electron chi connectivity index (χ4n) is 0.559.